The largest absolute Gasteiger partial charge is 0.279 e. The highest BCUT2D eigenvalue weighted by atomic mass is 33.1. The molecule has 126 valence electrons. The molecule has 1 aliphatic carbocycles. The summed E-state index contributed by atoms with van der Waals surface area (Å²) in [5.74, 6) is 0.960. The Balaban J connectivity index is 1.31. The summed E-state index contributed by atoms with van der Waals surface area (Å²) < 4.78 is 0. The first kappa shape index (κ1) is 17.2. The average Bonchev–Trinajstić information content (AvgIpc) is 3.24. The van der Waals surface area contributed by atoms with Gasteiger partial charge in [-0.25, -0.2) is 0 Å². The molecule has 2 amide bonds. The Labute approximate surface area is 148 Å². The monoisotopic (exact) mass is 370 g/mol. The summed E-state index contributed by atoms with van der Waals surface area (Å²) >= 11 is 1.55. The molecule has 1 unspecified atom stereocenters. The molecular weight excluding hydrogens is 348 g/mol. The normalized spacial score (nSPS) is 19.6. The number of fused-ring (bicyclic) bond motifs is 1. The minimum atomic E-state index is -0.197. The van der Waals surface area contributed by atoms with Crippen LogP contribution < -0.4 is 10.9 Å². The van der Waals surface area contributed by atoms with Crippen molar-refractivity contribution >= 4 is 44.7 Å². The molecule has 0 radical (unpaired) electrons. The van der Waals surface area contributed by atoms with Crippen LogP contribution in [0.3, 0.4) is 0 Å². The van der Waals surface area contributed by atoms with Gasteiger partial charge in [-0.3, -0.25) is 20.4 Å². The molecule has 7 heteroatoms. The van der Waals surface area contributed by atoms with Crippen LogP contribution >= 0.6 is 32.9 Å². The highest BCUT2D eigenvalue weighted by molar-refractivity contribution is 8.77. The van der Waals surface area contributed by atoms with E-state index in [1.54, 1.807) is 11.3 Å². The van der Waals surface area contributed by atoms with Crippen molar-refractivity contribution in [1.29, 1.82) is 0 Å². The number of carbonyl (C=O) groups is 2. The predicted molar refractivity (Wildman–Crippen MR) is 98.9 cm³/mol. The summed E-state index contributed by atoms with van der Waals surface area (Å²) in [7, 11) is 3.94. The first-order valence-electron chi connectivity index (χ1n) is 8.21. The Hall–Kier alpha value is -0.660. The van der Waals surface area contributed by atoms with E-state index in [-0.39, 0.29) is 11.8 Å². The van der Waals surface area contributed by atoms with Crippen molar-refractivity contribution in [3.63, 3.8) is 0 Å². The third-order valence-electron chi connectivity index (χ3n) is 4.19. The van der Waals surface area contributed by atoms with Gasteiger partial charge in [0.2, 0.25) is 5.91 Å². The first-order valence-corrected chi connectivity index (χ1v) is 11.4. The highest BCUT2D eigenvalue weighted by Gasteiger charge is 2.19. The van der Waals surface area contributed by atoms with E-state index in [1.165, 1.54) is 35.5 Å². The lowest BCUT2D eigenvalue weighted by atomic mass is 10.1. The van der Waals surface area contributed by atoms with Crippen LogP contribution in [0.2, 0.25) is 0 Å². The maximum absolute atomic E-state index is 12.0. The van der Waals surface area contributed by atoms with Gasteiger partial charge in [0.25, 0.3) is 5.91 Å². The van der Waals surface area contributed by atoms with Gasteiger partial charge in [-0.15, -0.1) is 11.3 Å². The molecule has 0 bridgehead atoms. The van der Waals surface area contributed by atoms with Crippen molar-refractivity contribution in [2.24, 2.45) is 0 Å². The van der Waals surface area contributed by atoms with Gasteiger partial charge in [0.1, 0.15) is 0 Å². The first-order chi connectivity index (χ1) is 11.2. The fourth-order valence-corrected chi connectivity index (χ4v) is 7.09. The standard InChI is InChI=1S/C16H22N2O2S3/c19-15(7-2-1-5-12-8-9-21-23-12)17-18-16(20)14-10-11-4-3-6-13(11)22-14/h10,12H,1-9H2,(H,17,19)(H,18,20). The third kappa shape index (κ3) is 4.90. The fraction of sp³-hybridized carbons (Fsp3) is 0.625. The Morgan fingerprint density at radius 2 is 2.13 bits per heavy atom. The van der Waals surface area contributed by atoms with E-state index in [0.29, 0.717) is 11.3 Å². The summed E-state index contributed by atoms with van der Waals surface area (Å²) in [5.41, 5.74) is 6.37. The van der Waals surface area contributed by atoms with E-state index >= 15 is 0 Å². The number of unbranched alkanes of at least 4 members (excludes halogenated alkanes) is 1. The molecule has 1 saturated heterocycles. The maximum Gasteiger partial charge on any atom is 0.279 e. The second-order valence-electron chi connectivity index (χ2n) is 5.99. The zero-order chi connectivity index (χ0) is 16.1. The summed E-state index contributed by atoms with van der Waals surface area (Å²) in [4.78, 5) is 25.8. The number of carbonyl (C=O) groups excluding carboxylic acids is 2. The van der Waals surface area contributed by atoms with Gasteiger partial charge < -0.3 is 0 Å². The lowest BCUT2D eigenvalue weighted by Crippen LogP contribution is -2.41. The van der Waals surface area contributed by atoms with Crippen LogP contribution in [0, 0.1) is 0 Å². The number of rotatable bonds is 6. The quantitative estimate of drug-likeness (QED) is 0.455. The molecule has 0 aromatic carbocycles. The number of hydrazine groups is 1. The molecule has 0 saturated carbocycles. The summed E-state index contributed by atoms with van der Waals surface area (Å²) in [6, 6.07) is 1.96. The van der Waals surface area contributed by atoms with Crippen molar-refractivity contribution in [2.45, 2.75) is 56.6 Å². The zero-order valence-corrected chi connectivity index (χ0v) is 15.5. The SMILES string of the molecule is O=C(CCCCC1CCSS1)NNC(=O)c1cc2c(s1)CCC2. The number of hydrogen-bond donors (Lipinski definition) is 2. The van der Waals surface area contributed by atoms with Crippen molar-refractivity contribution in [3.8, 4) is 0 Å². The smallest absolute Gasteiger partial charge is 0.273 e. The number of amides is 2. The molecule has 1 aromatic rings. The van der Waals surface area contributed by atoms with Crippen molar-refractivity contribution < 1.29 is 9.59 Å². The van der Waals surface area contributed by atoms with Gasteiger partial charge in [-0.05, 0) is 50.2 Å². The van der Waals surface area contributed by atoms with Crippen LogP contribution in [0.5, 0.6) is 0 Å². The lowest BCUT2D eigenvalue weighted by molar-refractivity contribution is -0.121. The minimum Gasteiger partial charge on any atom is -0.273 e. The van der Waals surface area contributed by atoms with Crippen LogP contribution in [0.4, 0.5) is 0 Å². The van der Waals surface area contributed by atoms with Crippen LogP contribution in [0.1, 0.15) is 58.6 Å². The third-order valence-corrected chi connectivity index (χ3v) is 8.44. The Bertz CT molecular complexity index is 546. The highest BCUT2D eigenvalue weighted by Crippen LogP contribution is 2.39. The summed E-state index contributed by atoms with van der Waals surface area (Å²) in [5, 5.41) is 0.767. The van der Waals surface area contributed by atoms with Crippen LogP contribution in [0.25, 0.3) is 0 Å². The van der Waals surface area contributed by atoms with Crippen molar-refractivity contribution in [2.75, 3.05) is 5.75 Å². The molecule has 23 heavy (non-hydrogen) atoms. The van der Waals surface area contributed by atoms with E-state index in [2.05, 4.69) is 10.9 Å². The van der Waals surface area contributed by atoms with E-state index in [0.717, 1.165) is 30.9 Å². The van der Waals surface area contributed by atoms with Crippen molar-refractivity contribution in [1.82, 2.24) is 10.9 Å². The van der Waals surface area contributed by atoms with Crippen LogP contribution in [-0.4, -0.2) is 22.8 Å². The molecule has 3 rings (SSSR count). The Morgan fingerprint density at radius 1 is 1.22 bits per heavy atom. The lowest BCUT2D eigenvalue weighted by Gasteiger charge is -2.08. The van der Waals surface area contributed by atoms with Crippen LogP contribution in [0.15, 0.2) is 6.07 Å². The number of thiophene rings is 1. The van der Waals surface area contributed by atoms with Gasteiger partial charge in [0.05, 0.1) is 4.88 Å². The Kier molecular flexibility index (Phi) is 6.30. The van der Waals surface area contributed by atoms with Gasteiger partial charge in [-0.2, -0.15) is 0 Å². The van der Waals surface area contributed by atoms with Crippen LogP contribution in [-0.2, 0) is 17.6 Å². The van der Waals surface area contributed by atoms with E-state index < -0.39 is 0 Å². The Morgan fingerprint density at radius 3 is 2.91 bits per heavy atom. The number of aryl methyl sites for hydroxylation is 2. The second-order valence-corrected chi connectivity index (χ2v) is 9.91. The molecule has 2 N–H and O–H groups in total. The number of nitrogens with one attached hydrogen (secondary N) is 2. The van der Waals surface area contributed by atoms with E-state index in [1.807, 2.05) is 27.7 Å². The fourth-order valence-electron chi connectivity index (χ4n) is 2.91. The van der Waals surface area contributed by atoms with E-state index in [4.69, 9.17) is 0 Å². The molecule has 2 aliphatic rings. The molecular formula is C16H22N2O2S3. The average molecular weight is 371 g/mol. The van der Waals surface area contributed by atoms with E-state index in [9.17, 15) is 9.59 Å². The maximum atomic E-state index is 12.0. The zero-order valence-electron chi connectivity index (χ0n) is 13.1. The molecule has 1 atom stereocenters. The predicted octanol–water partition coefficient (Wildman–Crippen LogP) is 3.71. The molecule has 4 nitrogen and oxygen atoms in total. The molecule has 1 aromatic heterocycles. The number of hydrogen-bond acceptors (Lipinski definition) is 5. The van der Waals surface area contributed by atoms with Crippen molar-refractivity contribution in [3.05, 3.63) is 21.4 Å². The molecule has 2 heterocycles. The minimum absolute atomic E-state index is 0.101. The summed E-state index contributed by atoms with van der Waals surface area (Å²) in [6.07, 6.45) is 8.28. The molecule has 1 fully saturated rings. The molecule has 0 spiro atoms. The second kappa shape index (κ2) is 8.44. The van der Waals surface area contributed by atoms with Gasteiger partial charge in [0.15, 0.2) is 0 Å². The van der Waals surface area contributed by atoms with Gasteiger partial charge in [-0.1, -0.05) is 28.0 Å². The molecule has 1 aliphatic heterocycles. The topological polar surface area (TPSA) is 58.2 Å². The summed E-state index contributed by atoms with van der Waals surface area (Å²) in [6.45, 7) is 0. The van der Waals surface area contributed by atoms with Gasteiger partial charge >= 0.3 is 0 Å². The van der Waals surface area contributed by atoms with Gasteiger partial charge in [0, 0.05) is 22.3 Å².